The molecule has 0 unspecified atom stereocenters. The molecule has 5 rings (SSSR count). The average Bonchev–Trinajstić information content (AvgIpc) is 3.27. The van der Waals surface area contributed by atoms with Crippen molar-refractivity contribution in [1.29, 1.82) is 0 Å². The molecule has 0 bridgehead atoms. The van der Waals surface area contributed by atoms with Crippen LogP contribution in [0, 0.1) is 11.8 Å². The van der Waals surface area contributed by atoms with Crippen molar-refractivity contribution in [3.8, 4) is 0 Å². The molecular formula is C21H17ClN4O4. The van der Waals surface area contributed by atoms with Gasteiger partial charge in [-0.15, -0.1) is 0 Å². The molecule has 8 nitrogen and oxygen atoms in total. The third kappa shape index (κ3) is 2.37. The minimum absolute atomic E-state index is 0.175. The number of hydrogen-bond donors (Lipinski definition) is 3. The van der Waals surface area contributed by atoms with Gasteiger partial charge in [0.2, 0.25) is 23.6 Å². The first kappa shape index (κ1) is 18.8. The molecule has 3 aliphatic rings. The first-order chi connectivity index (χ1) is 14.3. The zero-order chi connectivity index (χ0) is 21.2. The van der Waals surface area contributed by atoms with Gasteiger partial charge in [0.15, 0.2) is 0 Å². The number of halogens is 1. The molecule has 3 aliphatic heterocycles. The Bertz CT molecular complexity index is 1120. The number of carbonyl (C=O) groups excluding carboxylic acids is 4. The predicted octanol–water partition coefficient (Wildman–Crippen LogP) is 1.14. The van der Waals surface area contributed by atoms with E-state index in [4.69, 9.17) is 17.3 Å². The van der Waals surface area contributed by atoms with E-state index in [-0.39, 0.29) is 6.42 Å². The third-order valence-electron chi connectivity index (χ3n) is 6.13. The van der Waals surface area contributed by atoms with E-state index >= 15 is 0 Å². The van der Waals surface area contributed by atoms with Crippen LogP contribution in [0.2, 0.25) is 5.02 Å². The van der Waals surface area contributed by atoms with Gasteiger partial charge in [0.1, 0.15) is 5.54 Å². The van der Waals surface area contributed by atoms with E-state index in [1.54, 1.807) is 48.5 Å². The monoisotopic (exact) mass is 424 g/mol. The largest absolute Gasteiger partial charge is 0.370 e. The fourth-order valence-corrected chi connectivity index (χ4v) is 5.12. The van der Waals surface area contributed by atoms with Gasteiger partial charge in [-0.3, -0.25) is 24.5 Å². The SMILES string of the molecule is NC(=O)C[C@@H]1N[C@]2(C(=O)Nc3ccccc32)[C@H]2C(=O)N(c3ccc(Cl)cc3)C(=O)[C@@H]12. The summed E-state index contributed by atoms with van der Waals surface area (Å²) in [6.07, 6.45) is -0.175. The fourth-order valence-electron chi connectivity index (χ4n) is 4.99. The molecule has 9 heteroatoms. The molecule has 0 aliphatic carbocycles. The van der Waals surface area contributed by atoms with Crippen LogP contribution in [0.4, 0.5) is 11.4 Å². The Kier molecular flexibility index (Phi) is 4.00. The van der Waals surface area contributed by atoms with Gasteiger partial charge in [-0.1, -0.05) is 29.8 Å². The molecule has 0 aromatic heterocycles. The standard InChI is InChI=1S/C21H17ClN4O4/c22-10-5-7-11(8-6-10)26-18(28)16-14(9-15(23)27)25-21(17(16)19(26)29)12-3-1-2-4-13(12)24-20(21)30/h1-8,14,16-17,25H,9H2,(H2,23,27)(H,24,30)/t14-,16-,17+,21-/m0/s1. The summed E-state index contributed by atoms with van der Waals surface area (Å²) in [7, 11) is 0. The molecule has 0 saturated carbocycles. The fraction of sp³-hybridized carbons (Fsp3) is 0.238. The summed E-state index contributed by atoms with van der Waals surface area (Å²) in [5, 5.41) is 6.41. The van der Waals surface area contributed by atoms with Crippen molar-refractivity contribution >= 4 is 46.6 Å². The number of anilines is 2. The molecule has 4 amide bonds. The maximum Gasteiger partial charge on any atom is 0.250 e. The van der Waals surface area contributed by atoms with Crippen molar-refractivity contribution < 1.29 is 19.2 Å². The molecule has 30 heavy (non-hydrogen) atoms. The minimum atomic E-state index is -1.45. The lowest BCUT2D eigenvalue weighted by molar-refractivity contribution is -0.130. The second kappa shape index (κ2) is 6.38. The first-order valence-electron chi connectivity index (χ1n) is 9.45. The lowest BCUT2D eigenvalue weighted by Crippen LogP contribution is -2.53. The van der Waals surface area contributed by atoms with E-state index in [1.165, 1.54) is 0 Å². The van der Waals surface area contributed by atoms with Crippen molar-refractivity contribution in [3.05, 3.63) is 59.1 Å². The van der Waals surface area contributed by atoms with Crippen molar-refractivity contribution in [2.45, 2.75) is 18.0 Å². The number of fused-ring (bicyclic) bond motifs is 4. The molecule has 1 spiro atoms. The summed E-state index contributed by atoms with van der Waals surface area (Å²) < 4.78 is 0. The highest BCUT2D eigenvalue weighted by atomic mass is 35.5. The summed E-state index contributed by atoms with van der Waals surface area (Å²) in [6.45, 7) is 0. The van der Waals surface area contributed by atoms with Gasteiger partial charge < -0.3 is 11.1 Å². The summed E-state index contributed by atoms with van der Waals surface area (Å²) in [5.41, 5.74) is 5.47. The van der Waals surface area contributed by atoms with E-state index in [2.05, 4.69) is 10.6 Å². The predicted molar refractivity (Wildman–Crippen MR) is 108 cm³/mol. The highest BCUT2D eigenvalue weighted by molar-refractivity contribution is 6.31. The van der Waals surface area contributed by atoms with Crippen LogP contribution < -0.4 is 21.3 Å². The quantitative estimate of drug-likeness (QED) is 0.638. The Labute approximate surface area is 176 Å². The van der Waals surface area contributed by atoms with E-state index in [0.717, 1.165) is 4.90 Å². The molecule has 2 aromatic carbocycles. The van der Waals surface area contributed by atoms with Crippen LogP contribution in [0.25, 0.3) is 0 Å². The van der Waals surface area contributed by atoms with Crippen LogP contribution in [0.3, 0.4) is 0 Å². The molecule has 2 fully saturated rings. The summed E-state index contributed by atoms with van der Waals surface area (Å²) in [4.78, 5) is 52.9. The number of nitrogens with zero attached hydrogens (tertiary/aromatic N) is 1. The summed E-state index contributed by atoms with van der Waals surface area (Å²) in [6, 6.07) is 12.6. The molecule has 0 radical (unpaired) electrons. The van der Waals surface area contributed by atoms with Crippen molar-refractivity contribution in [2.24, 2.45) is 17.6 Å². The van der Waals surface area contributed by atoms with Crippen LogP contribution in [-0.2, 0) is 24.7 Å². The minimum Gasteiger partial charge on any atom is -0.370 e. The molecule has 3 heterocycles. The molecule has 2 saturated heterocycles. The van der Waals surface area contributed by atoms with Gasteiger partial charge in [0.25, 0.3) is 0 Å². The highest BCUT2D eigenvalue weighted by Gasteiger charge is 2.70. The number of nitrogens with two attached hydrogens (primary N) is 1. The Morgan fingerprint density at radius 2 is 1.77 bits per heavy atom. The molecule has 4 atom stereocenters. The van der Waals surface area contributed by atoms with E-state index < -0.39 is 47.0 Å². The van der Waals surface area contributed by atoms with Crippen molar-refractivity contribution in [2.75, 3.05) is 10.2 Å². The Hall–Kier alpha value is -3.23. The zero-order valence-corrected chi connectivity index (χ0v) is 16.3. The van der Waals surface area contributed by atoms with E-state index in [9.17, 15) is 19.2 Å². The number of hydrogen-bond acceptors (Lipinski definition) is 5. The molecule has 152 valence electrons. The van der Waals surface area contributed by atoms with Crippen molar-refractivity contribution in [3.63, 3.8) is 0 Å². The van der Waals surface area contributed by atoms with Crippen LogP contribution in [0.1, 0.15) is 12.0 Å². The van der Waals surface area contributed by atoms with Gasteiger partial charge in [-0.2, -0.15) is 0 Å². The van der Waals surface area contributed by atoms with Crippen LogP contribution in [0.15, 0.2) is 48.5 Å². The zero-order valence-electron chi connectivity index (χ0n) is 15.6. The smallest absolute Gasteiger partial charge is 0.250 e. The second-order valence-electron chi connectivity index (χ2n) is 7.72. The van der Waals surface area contributed by atoms with Crippen molar-refractivity contribution in [1.82, 2.24) is 5.32 Å². The number of amides is 4. The Morgan fingerprint density at radius 1 is 1.07 bits per heavy atom. The number of rotatable bonds is 3. The Morgan fingerprint density at radius 3 is 2.47 bits per heavy atom. The third-order valence-corrected chi connectivity index (χ3v) is 6.38. The Balaban J connectivity index is 1.67. The molecular weight excluding hydrogens is 408 g/mol. The highest BCUT2D eigenvalue weighted by Crippen LogP contribution is 2.53. The van der Waals surface area contributed by atoms with Crippen LogP contribution in [-0.4, -0.2) is 29.7 Å². The van der Waals surface area contributed by atoms with Gasteiger partial charge in [-0.05, 0) is 30.3 Å². The van der Waals surface area contributed by atoms with Gasteiger partial charge >= 0.3 is 0 Å². The van der Waals surface area contributed by atoms with Gasteiger partial charge in [0, 0.05) is 28.7 Å². The normalized spacial score (nSPS) is 29.3. The second-order valence-corrected chi connectivity index (χ2v) is 8.16. The lowest BCUT2D eigenvalue weighted by Gasteiger charge is -2.29. The maximum atomic E-state index is 13.6. The summed E-state index contributed by atoms with van der Waals surface area (Å²) in [5.74, 6) is -3.94. The average molecular weight is 425 g/mol. The number of benzene rings is 2. The van der Waals surface area contributed by atoms with E-state index in [1.807, 2.05) is 0 Å². The number of imide groups is 1. The lowest BCUT2D eigenvalue weighted by atomic mass is 9.76. The molecule has 4 N–H and O–H groups in total. The van der Waals surface area contributed by atoms with E-state index in [0.29, 0.717) is 22.0 Å². The maximum absolute atomic E-state index is 13.6. The van der Waals surface area contributed by atoms with Gasteiger partial charge in [0.05, 0.1) is 17.5 Å². The van der Waals surface area contributed by atoms with Crippen LogP contribution >= 0.6 is 11.6 Å². The first-order valence-corrected chi connectivity index (χ1v) is 9.82. The number of para-hydroxylation sites is 1. The summed E-state index contributed by atoms with van der Waals surface area (Å²) >= 11 is 5.94. The number of primary amides is 1. The molecule has 2 aromatic rings. The van der Waals surface area contributed by atoms with Crippen LogP contribution in [0.5, 0.6) is 0 Å². The topological polar surface area (TPSA) is 122 Å². The number of nitrogens with one attached hydrogen (secondary N) is 2. The van der Waals surface area contributed by atoms with Gasteiger partial charge in [-0.25, -0.2) is 4.90 Å². The number of carbonyl (C=O) groups is 4.